The summed E-state index contributed by atoms with van der Waals surface area (Å²) in [6.07, 6.45) is 3.73. The molecule has 8 heteroatoms. The van der Waals surface area contributed by atoms with E-state index in [2.05, 4.69) is 25.4 Å². The summed E-state index contributed by atoms with van der Waals surface area (Å²) in [4.78, 5) is 12.6. The Balaban J connectivity index is 1.33. The van der Waals surface area contributed by atoms with Crippen molar-refractivity contribution < 1.29 is 14.0 Å². The van der Waals surface area contributed by atoms with Crippen LogP contribution >= 0.6 is 0 Å². The normalized spacial score (nSPS) is 13.4. The molecule has 1 aliphatic carbocycles. The van der Waals surface area contributed by atoms with E-state index >= 15 is 0 Å². The lowest BCUT2D eigenvalue weighted by Crippen LogP contribution is -1.99. The Labute approximate surface area is 150 Å². The monoisotopic (exact) mass is 353 g/mol. The number of benzene rings is 1. The predicted molar refractivity (Wildman–Crippen MR) is 93.5 cm³/mol. The second kappa shape index (κ2) is 7.38. The van der Waals surface area contributed by atoms with Gasteiger partial charge >= 0.3 is 0 Å². The Morgan fingerprint density at radius 2 is 2.00 bits per heavy atom. The minimum atomic E-state index is 0.284. The Morgan fingerprint density at radius 1 is 1.15 bits per heavy atom. The lowest BCUT2D eigenvalue weighted by atomic mass is 10.3. The van der Waals surface area contributed by atoms with Crippen LogP contribution in [0.5, 0.6) is 11.6 Å². The SMILES string of the molecule is CCOc1cc(Nc2ccc(OCc3noc(C4CC4)n3)cc2)ncn1. The highest BCUT2D eigenvalue weighted by atomic mass is 16.5. The highest BCUT2D eigenvalue weighted by Gasteiger charge is 2.29. The molecule has 0 saturated heterocycles. The van der Waals surface area contributed by atoms with Gasteiger partial charge in [0, 0.05) is 17.7 Å². The van der Waals surface area contributed by atoms with Crippen molar-refractivity contribution >= 4 is 11.5 Å². The molecule has 2 aromatic heterocycles. The van der Waals surface area contributed by atoms with Crippen molar-refractivity contribution in [2.75, 3.05) is 11.9 Å². The topological polar surface area (TPSA) is 95.2 Å². The van der Waals surface area contributed by atoms with Crippen LogP contribution in [0.2, 0.25) is 0 Å². The fraction of sp³-hybridized carbons (Fsp3) is 0.333. The van der Waals surface area contributed by atoms with Crippen LogP contribution in [0.15, 0.2) is 41.2 Å². The van der Waals surface area contributed by atoms with E-state index in [1.165, 1.54) is 6.33 Å². The molecule has 1 N–H and O–H groups in total. The van der Waals surface area contributed by atoms with Gasteiger partial charge in [-0.2, -0.15) is 4.98 Å². The molecule has 0 bridgehead atoms. The van der Waals surface area contributed by atoms with Crippen LogP contribution in [-0.4, -0.2) is 26.7 Å². The van der Waals surface area contributed by atoms with Crippen molar-refractivity contribution in [3.8, 4) is 11.6 Å². The van der Waals surface area contributed by atoms with Crippen molar-refractivity contribution in [1.29, 1.82) is 0 Å². The number of aromatic nitrogens is 4. The van der Waals surface area contributed by atoms with E-state index in [0.29, 0.717) is 30.0 Å². The quantitative estimate of drug-likeness (QED) is 0.658. The largest absolute Gasteiger partial charge is 0.485 e. The van der Waals surface area contributed by atoms with Gasteiger partial charge in [-0.05, 0) is 44.0 Å². The number of nitrogens with zero attached hydrogens (tertiary/aromatic N) is 4. The molecule has 1 aromatic carbocycles. The number of nitrogens with one attached hydrogen (secondary N) is 1. The van der Waals surface area contributed by atoms with Gasteiger partial charge in [-0.3, -0.25) is 0 Å². The zero-order valence-electron chi connectivity index (χ0n) is 14.4. The highest BCUT2D eigenvalue weighted by molar-refractivity contribution is 5.57. The minimum absolute atomic E-state index is 0.284. The minimum Gasteiger partial charge on any atom is -0.485 e. The summed E-state index contributed by atoms with van der Waals surface area (Å²) < 4.78 is 16.3. The van der Waals surface area contributed by atoms with Crippen molar-refractivity contribution in [3.05, 3.63) is 48.4 Å². The Hall–Kier alpha value is -3.16. The van der Waals surface area contributed by atoms with Crippen molar-refractivity contribution in [3.63, 3.8) is 0 Å². The molecule has 1 fully saturated rings. The third kappa shape index (κ3) is 4.08. The summed E-state index contributed by atoms with van der Waals surface area (Å²) in [6, 6.07) is 9.30. The summed E-state index contributed by atoms with van der Waals surface area (Å²) in [5.74, 6) is 3.67. The van der Waals surface area contributed by atoms with E-state index < -0.39 is 0 Å². The van der Waals surface area contributed by atoms with Gasteiger partial charge in [-0.15, -0.1) is 0 Å². The van der Waals surface area contributed by atoms with Gasteiger partial charge < -0.3 is 19.3 Å². The van der Waals surface area contributed by atoms with E-state index in [9.17, 15) is 0 Å². The first kappa shape index (κ1) is 16.3. The maximum Gasteiger partial charge on any atom is 0.229 e. The molecule has 26 heavy (non-hydrogen) atoms. The zero-order chi connectivity index (χ0) is 17.8. The maximum atomic E-state index is 5.70. The molecular formula is C18H19N5O3. The van der Waals surface area contributed by atoms with Gasteiger partial charge in [0.25, 0.3) is 0 Å². The van der Waals surface area contributed by atoms with Gasteiger partial charge in [-0.1, -0.05) is 5.16 Å². The first-order valence-corrected chi connectivity index (χ1v) is 8.57. The molecule has 0 atom stereocenters. The molecule has 4 rings (SSSR count). The van der Waals surface area contributed by atoms with E-state index in [-0.39, 0.29) is 6.61 Å². The van der Waals surface area contributed by atoms with Crippen molar-refractivity contribution in [1.82, 2.24) is 20.1 Å². The average molecular weight is 353 g/mol. The molecule has 0 radical (unpaired) electrons. The first-order valence-electron chi connectivity index (χ1n) is 8.57. The summed E-state index contributed by atoms with van der Waals surface area (Å²) in [5, 5.41) is 7.14. The molecular weight excluding hydrogens is 334 g/mol. The molecule has 1 saturated carbocycles. The van der Waals surface area contributed by atoms with Gasteiger partial charge in [-0.25, -0.2) is 9.97 Å². The molecule has 0 unspecified atom stereocenters. The second-order valence-electron chi connectivity index (χ2n) is 5.94. The van der Waals surface area contributed by atoms with Crippen LogP contribution in [0.25, 0.3) is 0 Å². The van der Waals surface area contributed by atoms with Crippen molar-refractivity contribution in [2.45, 2.75) is 32.3 Å². The Bertz CT molecular complexity index is 861. The van der Waals surface area contributed by atoms with Crippen LogP contribution in [0.4, 0.5) is 11.5 Å². The molecule has 8 nitrogen and oxygen atoms in total. The van der Waals surface area contributed by atoms with Crippen LogP contribution < -0.4 is 14.8 Å². The van der Waals surface area contributed by atoms with Gasteiger partial charge in [0.2, 0.25) is 17.6 Å². The molecule has 0 aliphatic heterocycles. The second-order valence-corrected chi connectivity index (χ2v) is 5.94. The fourth-order valence-corrected chi connectivity index (χ4v) is 2.39. The summed E-state index contributed by atoms with van der Waals surface area (Å²) >= 11 is 0. The molecule has 0 amide bonds. The molecule has 0 spiro atoms. The molecule has 3 aromatic rings. The van der Waals surface area contributed by atoms with E-state index in [1.54, 1.807) is 6.07 Å². The maximum absolute atomic E-state index is 5.70. The lowest BCUT2D eigenvalue weighted by Gasteiger charge is -2.08. The molecule has 134 valence electrons. The summed E-state index contributed by atoms with van der Waals surface area (Å²) in [5.41, 5.74) is 0.883. The first-order chi connectivity index (χ1) is 12.8. The predicted octanol–water partition coefficient (Wildman–Crippen LogP) is 3.46. The molecule has 2 heterocycles. The number of rotatable bonds is 8. The zero-order valence-corrected chi connectivity index (χ0v) is 14.4. The smallest absolute Gasteiger partial charge is 0.229 e. The van der Waals surface area contributed by atoms with Crippen LogP contribution in [-0.2, 0) is 6.61 Å². The highest BCUT2D eigenvalue weighted by Crippen LogP contribution is 2.38. The summed E-state index contributed by atoms with van der Waals surface area (Å²) in [7, 11) is 0. The van der Waals surface area contributed by atoms with Gasteiger partial charge in [0.1, 0.15) is 17.9 Å². The molecule has 1 aliphatic rings. The van der Waals surface area contributed by atoms with E-state index in [4.69, 9.17) is 14.0 Å². The third-order valence-corrected chi connectivity index (χ3v) is 3.84. The standard InChI is InChI=1S/C18H19N5O3/c1-2-24-17-9-15(19-11-20-17)21-13-5-7-14(8-6-13)25-10-16-22-18(26-23-16)12-3-4-12/h5-9,11-12H,2-4,10H2,1H3,(H,19,20,21). The van der Waals surface area contributed by atoms with Gasteiger partial charge in [0.15, 0.2) is 6.61 Å². The summed E-state index contributed by atoms with van der Waals surface area (Å²) in [6.45, 7) is 2.76. The third-order valence-electron chi connectivity index (χ3n) is 3.84. The van der Waals surface area contributed by atoms with Crippen LogP contribution in [0.3, 0.4) is 0 Å². The van der Waals surface area contributed by atoms with Crippen LogP contribution in [0, 0.1) is 0 Å². The number of hydrogen-bond donors (Lipinski definition) is 1. The Morgan fingerprint density at radius 3 is 2.77 bits per heavy atom. The van der Waals surface area contributed by atoms with E-state index in [1.807, 2.05) is 31.2 Å². The fourth-order valence-electron chi connectivity index (χ4n) is 2.39. The number of ether oxygens (including phenoxy) is 2. The number of anilines is 2. The van der Waals surface area contributed by atoms with Crippen molar-refractivity contribution in [2.24, 2.45) is 0 Å². The van der Waals surface area contributed by atoms with E-state index in [0.717, 1.165) is 30.2 Å². The Kier molecular flexibility index (Phi) is 4.63. The van der Waals surface area contributed by atoms with Crippen LogP contribution in [0.1, 0.15) is 37.4 Å². The van der Waals surface area contributed by atoms with Gasteiger partial charge in [0.05, 0.1) is 6.61 Å². The average Bonchev–Trinajstić information content (AvgIpc) is 3.40. The number of hydrogen-bond acceptors (Lipinski definition) is 8. The lowest BCUT2D eigenvalue weighted by molar-refractivity contribution is 0.285.